The van der Waals surface area contributed by atoms with E-state index >= 15 is 0 Å². The maximum atomic E-state index is 11.0. The Hall–Kier alpha value is -1.88. The predicted molar refractivity (Wildman–Crippen MR) is 83.9 cm³/mol. The maximum absolute atomic E-state index is 11.0. The number of carbonyl (C=O) groups is 1. The van der Waals surface area contributed by atoms with Crippen LogP contribution in [0.3, 0.4) is 0 Å². The van der Waals surface area contributed by atoms with Crippen LogP contribution in [0.15, 0.2) is 18.2 Å². The van der Waals surface area contributed by atoms with E-state index < -0.39 is 5.97 Å². The minimum absolute atomic E-state index is 0.294. The molecule has 0 aliphatic rings. The number of rotatable bonds is 7. The van der Waals surface area contributed by atoms with Gasteiger partial charge in [0.1, 0.15) is 5.82 Å². The lowest BCUT2D eigenvalue weighted by Crippen LogP contribution is -2.13. The monoisotopic (exact) mass is 289 g/mol. The highest BCUT2D eigenvalue weighted by Crippen LogP contribution is 2.19. The van der Waals surface area contributed by atoms with E-state index in [4.69, 9.17) is 5.11 Å². The molecule has 0 atom stereocenters. The second-order valence-electron chi connectivity index (χ2n) is 5.55. The van der Waals surface area contributed by atoms with Crippen molar-refractivity contribution < 1.29 is 9.90 Å². The zero-order valence-electron chi connectivity index (χ0n) is 13.0. The van der Waals surface area contributed by atoms with Crippen LogP contribution in [0.1, 0.15) is 35.9 Å². The van der Waals surface area contributed by atoms with E-state index in [1.165, 1.54) is 0 Å². The highest BCUT2D eigenvalue weighted by molar-refractivity contribution is 5.92. The molecule has 2 aromatic rings. The lowest BCUT2D eigenvalue weighted by Gasteiger charge is -2.11. The van der Waals surface area contributed by atoms with Crippen LogP contribution in [0.2, 0.25) is 0 Å². The van der Waals surface area contributed by atoms with Crippen LogP contribution >= 0.6 is 0 Å². The van der Waals surface area contributed by atoms with Crippen molar-refractivity contribution in [2.24, 2.45) is 0 Å². The van der Waals surface area contributed by atoms with Crippen molar-refractivity contribution in [2.75, 3.05) is 20.6 Å². The Morgan fingerprint density at radius 2 is 2.10 bits per heavy atom. The van der Waals surface area contributed by atoms with Gasteiger partial charge in [0.25, 0.3) is 0 Å². The van der Waals surface area contributed by atoms with E-state index in [0.717, 1.165) is 49.2 Å². The first-order valence-corrected chi connectivity index (χ1v) is 7.40. The van der Waals surface area contributed by atoms with Crippen molar-refractivity contribution in [3.05, 3.63) is 29.6 Å². The average Bonchev–Trinajstić information content (AvgIpc) is 2.80. The number of unbranched alkanes of at least 4 members (excludes halogenated alkanes) is 1. The third kappa shape index (κ3) is 3.61. The van der Waals surface area contributed by atoms with Crippen LogP contribution in [-0.4, -0.2) is 46.2 Å². The maximum Gasteiger partial charge on any atom is 0.335 e. The highest BCUT2D eigenvalue weighted by atomic mass is 16.4. The number of benzene rings is 1. The lowest BCUT2D eigenvalue weighted by molar-refractivity contribution is 0.0697. The van der Waals surface area contributed by atoms with E-state index in [-0.39, 0.29) is 0 Å². The molecule has 0 aliphatic carbocycles. The first-order valence-electron chi connectivity index (χ1n) is 7.40. The molecule has 0 radical (unpaired) electrons. The fourth-order valence-corrected chi connectivity index (χ4v) is 2.53. The van der Waals surface area contributed by atoms with Crippen LogP contribution < -0.4 is 0 Å². The average molecular weight is 289 g/mol. The fourth-order valence-electron chi connectivity index (χ4n) is 2.53. The van der Waals surface area contributed by atoms with Crippen LogP contribution in [0.25, 0.3) is 11.0 Å². The van der Waals surface area contributed by atoms with Crippen LogP contribution in [0.5, 0.6) is 0 Å². The van der Waals surface area contributed by atoms with Crippen molar-refractivity contribution in [1.29, 1.82) is 0 Å². The van der Waals surface area contributed by atoms with Gasteiger partial charge in [0.15, 0.2) is 0 Å². The first-order chi connectivity index (χ1) is 10.0. The van der Waals surface area contributed by atoms with Gasteiger partial charge < -0.3 is 14.6 Å². The predicted octanol–water partition coefficient (Wildman–Crippen LogP) is 2.64. The smallest absolute Gasteiger partial charge is 0.335 e. The number of aryl methyl sites for hydroxylation is 2. The quantitative estimate of drug-likeness (QED) is 0.796. The third-order valence-corrected chi connectivity index (χ3v) is 3.63. The zero-order chi connectivity index (χ0) is 15.4. The van der Waals surface area contributed by atoms with Crippen molar-refractivity contribution in [2.45, 2.75) is 32.7 Å². The fraction of sp³-hybridized carbons (Fsp3) is 0.500. The lowest BCUT2D eigenvalue weighted by atomic mass is 10.2. The molecule has 0 amide bonds. The summed E-state index contributed by atoms with van der Waals surface area (Å²) in [5.74, 6) is 0.118. The van der Waals surface area contributed by atoms with Crippen LogP contribution in [0, 0.1) is 0 Å². The summed E-state index contributed by atoms with van der Waals surface area (Å²) in [4.78, 5) is 17.8. The molecule has 0 spiro atoms. The number of fused-ring (bicyclic) bond motifs is 1. The summed E-state index contributed by atoms with van der Waals surface area (Å²) in [6.07, 6.45) is 3.09. The number of carboxylic acid groups (broad SMARTS) is 1. The molecule has 2 rings (SSSR count). The van der Waals surface area contributed by atoms with Gasteiger partial charge in [0.2, 0.25) is 0 Å². The molecule has 0 unspecified atom stereocenters. The molecule has 0 aliphatic heterocycles. The second-order valence-corrected chi connectivity index (χ2v) is 5.55. The molecule has 1 N–H and O–H groups in total. The Labute approximate surface area is 125 Å². The van der Waals surface area contributed by atoms with Gasteiger partial charge in [-0.2, -0.15) is 0 Å². The molecule has 21 heavy (non-hydrogen) atoms. The standard InChI is InChI=1S/C16H23N3O2/c1-4-15-17-13-11-12(16(20)21)7-8-14(13)19(15)10-6-5-9-18(2)3/h7-8,11H,4-6,9-10H2,1-3H3,(H,20,21). The van der Waals surface area contributed by atoms with Crippen molar-refractivity contribution in [3.8, 4) is 0 Å². The van der Waals surface area contributed by atoms with Gasteiger partial charge in [-0.3, -0.25) is 0 Å². The molecule has 5 nitrogen and oxygen atoms in total. The van der Waals surface area contributed by atoms with Crippen molar-refractivity contribution in [3.63, 3.8) is 0 Å². The van der Waals surface area contributed by atoms with E-state index in [9.17, 15) is 4.79 Å². The summed E-state index contributed by atoms with van der Waals surface area (Å²) in [5.41, 5.74) is 2.10. The number of aromatic nitrogens is 2. The van der Waals surface area contributed by atoms with Crippen LogP contribution in [0.4, 0.5) is 0 Å². The summed E-state index contributed by atoms with van der Waals surface area (Å²) >= 11 is 0. The molecule has 1 aromatic carbocycles. The number of hydrogen-bond acceptors (Lipinski definition) is 3. The van der Waals surface area contributed by atoms with Crippen molar-refractivity contribution >= 4 is 17.0 Å². The molecule has 114 valence electrons. The minimum Gasteiger partial charge on any atom is -0.478 e. The van der Waals surface area contributed by atoms with Crippen molar-refractivity contribution in [1.82, 2.24) is 14.5 Å². The topological polar surface area (TPSA) is 58.4 Å². The van der Waals surface area contributed by atoms with Gasteiger partial charge in [-0.05, 0) is 51.7 Å². The molecule has 0 bridgehead atoms. The number of carboxylic acids is 1. The molecule has 1 aromatic heterocycles. The Morgan fingerprint density at radius 1 is 1.33 bits per heavy atom. The van der Waals surface area contributed by atoms with Gasteiger partial charge in [-0.1, -0.05) is 6.92 Å². The van der Waals surface area contributed by atoms with Gasteiger partial charge in [-0.15, -0.1) is 0 Å². The van der Waals surface area contributed by atoms with Crippen LogP contribution in [-0.2, 0) is 13.0 Å². The molecule has 1 heterocycles. The molecular weight excluding hydrogens is 266 g/mol. The summed E-state index contributed by atoms with van der Waals surface area (Å²) in [6.45, 7) is 4.09. The highest BCUT2D eigenvalue weighted by Gasteiger charge is 2.11. The Bertz CT molecular complexity index is 632. The molecule has 5 heteroatoms. The van der Waals surface area contributed by atoms with E-state index in [1.54, 1.807) is 12.1 Å². The minimum atomic E-state index is -0.907. The summed E-state index contributed by atoms with van der Waals surface area (Å²) in [5, 5.41) is 9.06. The summed E-state index contributed by atoms with van der Waals surface area (Å²) in [7, 11) is 4.16. The van der Waals surface area contributed by atoms with E-state index in [2.05, 4.69) is 35.5 Å². The number of hydrogen-bond donors (Lipinski definition) is 1. The van der Waals surface area contributed by atoms with E-state index in [0.29, 0.717) is 5.56 Å². The summed E-state index contributed by atoms with van der Waals surface area (Å²) in [6, 6.07) is 5.19. The number of imidazole rings is 1. The van der Waals surface area contributed by atoms with Gasteiger partial charge in [0.05, 0.1) is 16.6 Å². The van der Waals surface area contributed by atoms with Gasteiger partial charge >= 0.3 is 5.97 Å². The number of aromatic carboxylic acids is 1. The van der Waals surface area contributed by atoms with Gasteiger partial charge in [-0.25, -0.2) is 9.78 Å². The molecular formula is C16H23N3O2. The Kier molecular flexibility index (Phi) is 4.96. The SMILES string of the molecule is CCc1nc2cc(C(=O)O)ccc2n1CCCCN(C)C. The second kappa shape index (κ2) is 6.72. The molecule has 0 fully saturated rings. The normalized spacial score (nSPS) is 11.4. The third-order valence-electron chi connectivity index (χ3n) is 3.63. The Balaban J connectivity index is 2.22. The van der Waals surface area contributed by atoms with Gasteiger partial charge in [0, 0.05) is 13.0 Å². The summed E-state index contributed by atoms with van der Waals surface area (Å²) < 4.78 is 2.22. The Morgan fingerprint density at radius 3 is 2.71 bits per heavy atom. The van der Waals surface area contributed by atoms with E-state index in [1.807, 2.05) is 6.07 Å². The molecule has 0 saturated heterocycles. The number of nitrogens with zero attached hydrogens (tertiary/aromatic N) is 3. The largest absolute Gasteiger partial charge is 0.478 e. The first kappa shape index (κ1) is 15.5. The molecule has 0 saturated carbocycles. The zero-order valence-corrected chi connectivity index (χ0v) is 13.0.